The number of anilines is 1. The van der Waals surface area contributed by atoms with Gasteiger partial charge in [-0.05, 0) is 37.0 Å². The van der Waals surface area contributed by atoms with Gasteiger partial charge in [0.2, 0.25) is 5.88 Å². The Morgan fingerprint density at radius 3 is 2.93 bits per heavy atom. The van der Waals surface area contributed by atoms with Crippen LogP contribution in [0.1, 0.15) is 34.1 Å². The third kappa shape index (κ3) is 2.64. The molecule has 5 rings (SSSR count). The molecule has 1 amide bonds. The Labute approximate surface area is 159 Å². The fourth-order valence-electron chi connectivity index (χ4n) is 3.91. The largest absolute Gasteiger partial charge is 0.481 e. The number of fused-ring (bicyclic) bond motifs is 3. The molecule has 1 N–H and O–H groups in total. The van der Waals surface area contributed by atoms with Crippen LogP contribution in [0.25, 0.3) is 5.69 Å². The highest BCUT2D eigenvalue weighted by molar-refractivity contribution is 6.03. The molecule has 0 saturated heterocycles. The number of carbonyl (C=O) groups excluding carboxylic acids is 1. The van der Waals surface area contributed by atoms with Gasteiger partial charge in [-0.15, -0.1) is 0 Å². The summed E-state index contributed by atoms with van der Waals surface area (Å²) in [5.41, 5.74) is 2.06. The normalized spacial score (nSPS) is 19.1. The molecule has 0 bridgehead atoms. The first-order valence-electron chi connectivity index (χ1n) is 8.94. The molecule has 1 saturated carbocycles. The number of hydrogen-bond acceptors (Lipinski definition) is 4. The van der Waals surface area contributed by atoms with Crippen molar-refractivity contribution in [3.63, 3.8) is 0 Å². The molecule has 28 heavy (non-hydrogen) atoms. The van der Waals surface area contributed by atoms with Gasteiger partial charge in [-0.2, -0.15) is 10.1 Å². The molecule has 0 radical (unpaired) electrons. The summed E-state index contributed by atoms with van der Waals surface area (Å²) < 4.78 is 34.2. The van der Waals surface area contributed by atoms with E-state index in [4.69, 9.17) is 4.74 Å². The van der Waals surface area contributed by atoms with Crippen LogP contribution in [0.3, 0.4) is 0 Å². The molecule has 3 aromatic rings. The molecule has 2 atom stereocenters. The Morgan fingerprint density at radius 1 is 1.29 bits per heavy atom. The Hall–Kier alpha value is -3.29. The van der Waals surface area contributed by atoms with Crippen LogP contribution in [-0.4, -0.2) is 27.8 Å². The molecular weight excluding hydrogens is 366 g/mol. The molecule has 8 heteroatoms. The minimum atomic E-state index is -0.712. The summed E-state index contributed by atoms with van der Waals surface area (Å²) in [6.07, 6.45) is 1.73. The Morgan fingerprint density at radius 2 is 2.14 bits per heavy atom. The summed E-state index contributed by atoms with van der Waals surface area (Å²) in [5, 5.41) is 7.11. The minimum absolute atomic E-state index is 0.142. The van der Waals surface area contributed by atoms with Gasteiger partial charge in [-0.1, -0.05) is 6.07 Å². The molecule has 2 aromatic heterocycles. The smallest absolute Gasteiger partial charge is 0.277 e. The zero-order valence-corrected chi connectivity index (χ0v) is 14.9. The zero-order chi connectivity index (χ0) is 19.4. The van der Waals surface area contributed by atoms with Crippen LogP contribution < -0.4 is 10.1 Å². The maximum absolute atomic E-state index is 14.4. The van der Waals surface area contributed by atoms with Gasteiger partial charge in [0.15, 0.2) is 11.5 Å². The van der Waals surface area contributed by atoms with E-state index in [1.165, 1.54) is 23.9 Å². The number of carbonyl (C=O) groups is 1. The number of methoxy groups -OCH3 is 1. The molecule has 0 aliphatic heterocycles. The van der Waals surface area contributed by atoms with Gasteiger partial charge in [0.1, 0.15) is 17.3 Å². The summed E-state index contributed by atoms with van der Waals surface area (Å²) in [6.45, 7) is 0. The number of nitrogens with zero attached hydrogens (tertiary/aromatic N) is 3. The van der Waals surface area contributed by atoms with Crippen LogP contribution >= 0.6 is 0 Å². The Kier molecular flexibility index (Phi) is 3.68. The molecule has 2 heterocycles. The maximum atomic E-state index is 14.4. The van der Waals surface area contributed by atoms with Gasteiger partial charge >= 0.3 is 0 Å². The first-order chi connectivity index (χ1) is 13.5. The van der Waals surface area contributed by atoms with E-state index in [1.807, 2.05) is 0 Å². The van der Waals surface area contributed by atoms with Gasteiger partial charge < -0.3 is 10.1 Å². The average molecular weight is 382 g/mol. The van der Waals surface area contributed by atoms with Crippen LogP contribution in [0, 0.1) is 17.6 Å². The number of pyridine rings is 1. The molecule has 2 aliphatic carbocycles. The monoisotopic (exact) mass is 382 g/mol. The molecule has 1 aromatic carbocycles. The van der Waals surface area contributed by atoms with Crippen LogP contribution in [0.5, 0.6) is 5.88 Å². The Balaban J connectivity index is 1.54. The lowest BCUT2D eigenvalue weighted by molar-refractivity contribution is 0.102. The molecule has 2 aliphatic rings. The number of halogens is 2. The number of benzene rings is 1. The predicted octanol–water partition coefficient (Wildman–Crippen LogP) is 3.47. The van der Waals surface area contributed by atoms with Gasteiger partial charge in [0, 0.05) is 23.6 Å². The van der Waals surface area contributed by atoms with Gasteiger partial charge in [0.25, 0.3) is 5.91 Å². The maximum Gasteiger partial charge on any atom is 0.277 e. The van der Waals surface area contributed by atoms with Crippen molar-refractivity contribution >= 4 is 11.7 Å². The van der Waals surface area contributed by atoms with Crippen molar-refractivity contribution in [1.29, 1.82) is 0 Å². The third-order valence-electron chi connectivity index (χ3n) is 5.29. The lowest BCUT2D eigenvalue weighted by Crippen LogP contribution is -2.16. The van der Waals surface area contributed by atoms with Crippen LogP contribution in [0.2, 0.25) is 0 Å². The molecule has 1 fully saturated rings. The van der Waals surface area contributed by atoms with Crippen molar-refractivity contribution in [3.8, 4) is 11.6 Å². The number of hydrogen-bond donors (Lipinski definition) is 1. The number of nitrogens with one attached hydrogen (secondary N) is 1. The molecular formula is C20H16F2N4O2. The first-order valence-corrected chi connectivity index (χ1v) is 8.94. The summed E-state index contributed by atoms with van der Waals surface area (Å²) in [6, 6.07) is 8.39. The highest BCUT2D eigenvalue weighted by Gasteiger charge is 2.50. The quantitative estimate of drug-likeness (QED) is 0.750. The zero-order valence-electron chi connectivity index (χ0n) is 14.9. The van der Waals surface area contributed by atoms with Crippen LogP contribution in [0.4, 0.5) is 14.6 Å². The molecule has 0 spiro atoms. The summed E-state index contributed by atoms with van der Waals surface area (Å²) in [4.78, 5) is 17.0. The summed E-state index contributed by atoms with van der Waals surface area (Å²) in [7, 11) is 1.49. The van der Waals surface area contributed by atoms with Crippen molar-refractivity contribution in [3.05, 3.63) is 65.0 Å². The second-order valence-corrected chi connectivity index (χ2v) is 7.05. The number of rotatable bonds is 4. The SMILES string of the molecule is COc1cccc(NC(=O)c2nn(-c3ccc(F)cc3F)c3c2C[C@@H]2C[C@H]32)n1. The fourth-order valence-corrected chi connectivity index (χ4v) is 3.91. The highest BCUT2D eigenvalue weighted by atomic mass is 19.1. The van der Waals surface area contributed by atoms with Crippen molar-refractivity contribution in [2.45, 2.75) is 18.8 Å². The summed E-state index contributed by atoms with van der Waals surface area (Å²) >= 11 is 0. The van der Waals surface area contributed by atoms with Crippen molar-refractivity contribution in [1.82, 2.24) is 14.8 Å². The van der Waals surface area contributed by atoms with E-state index in [9.17, 15) is 13.6 Å². The second kappa shape index (κ2) is 6.12. The number of ether oxygens (including phenoxy) is 1. The minimum Gasteiger partial charge on any atom is -0.481 e. The lowest BCUT2D eigenvalue weighted by Gasteiger charge is -2.07. The lowest BCUT2D eigenvalue weighted by atomic mass is 10.1. The van der Waals surface area contributed by atoms with E-state index in [-0.39, 0.29) is 17.3 Å². The van der Waals surface area contributed by atoms with E-state index >= 15 is 0 Å². The van der Waals surface area contributed by atoms with E-state index in [1.54, 1.807) is 18.2 Å². The topological polar surface area (TPSA) is 69.0 Å². The Bertz CT molecular complexity index is 1110. The first kappa shape index (κ1) is 16.9. The molecule has 6 nitrogen and oxygen atoms in total. The summed E-state index contributed by atoms with van der Waals surface area (Å²) in [5.74, 6) is -0.341. The predicted molar refractivity (Wildman–Crippen MR) is 96.8 cm³/mol. The highest BCUT2D eigenvalue weighted by Crippen LogP contribution is 2.57. The number of aromatic nitrogens is 3. The van der Waals surface area contributed by atoms with E-state index < -0.39 is 17.5 Å². The van der Waals surface area contributed by atoms with Crippen LogP contribution in [-0.2, 0) is 6.42 Å². The van der Waals surface area contributed by atoms with Gasteiger partial charge in [0.05, 0.1) is 12.8 Å². The van der Waals surface area contributed by atoms with E-state index in [2.05, 4.69) is 15.4 Å². The van der Waals surface area contributed by atoms with E-state index in [0.29, 0.717) is 17.6 Å². The second-order valence-electron chi connectivity index (χ2n) is 7.05. The average Bonchev–Trinajstić information content (AvgIpc) is 3.18. The van der Waals surface area contributed by atoms with Crippen molar-refractivity contribution in [2.75, 3.05) is 12.4 Å². The van der Waals surface area contributed by atoms with Crippen molar-refractivity contribution in [2.24, 2.45) is 5.92 Å². The third-order valence-corrected chi connectivity index (χ3v) is 5.29. The number of amides is 1. The molecule has 0 unspecified atom stereocenters. The standard InChI is InChI=1S/C20H16F2N4O2/c1-28-17-4-2-3-16(23-17)24-20(27)18-13-8-10-7-12(10)19(13)26(25-18)15-6-5-11(21)9-14(15)22/h2-6,9-10,12H,7-8H2,1H3,(H,23,24,27)/t10-,12-/m0/s1. The van der Waals surface area contributed by atoms with E-state index in [0.717, 1.165) is 30.2 Å². The van der Waals surface area contributed by atoms with Crippen LogP contribution in [0.15, 0.2) is 36.4 Å². The van der Waals surface area contributed by atoms with Gasteiger partial charge in [-0.3, -0.25) is 4.79 Å². The van der Waals surface area contributed by atoms with Crippen molar-refractivity contribution < 1.29 is 18.3 Å². The fraction of sp³-hybridized carbons (Fsp3) is 0.250. The van der Waals surface area contributed by atoms with Gasteiger partial charge in [-0.25, -0.2) is 13.5 Å². The molecule has 142 valence electrons.